The molecule has 146 valence electrons. The summed E-state index contributed by atoms with van der Waals surface area (Å²) in [5, 5.41) is 17.3. The summed E-state index contributed by atoms with van der Waals surface area (Å²) in [7, 11) is 1.75. The Kier molecular flexibility index (Phi) is 10.5. The number of aliphatic imine (C=N–C) groups is 1. The zero-order valence-corrected chi connectivity index (χ0v) is 17.9. The summed E-state index contributed by atoms with van der Waals surface area (Å²) in [6.45, 7) is 5.92. The van der Waals surface area contributed by atoms with Crippen molar-refractivity contribution in [2.24, 2.45) is 4.99 Å². The molecule has 1 unspecified atom stereocenters. The Hall–Kier alpha value is -1.42. The first-order valence-corrected chi connectivity index (χ1v) is 9.06. The van der Waals surface area contributed by atoms with Crippen LogP contribution in [0.1, 0.15) is 38.2 Å². The van der Waals surface area contributed by atoms with Crippen LogP contribution >= 0.6 is 24.0 Å². The summed E-state index contributed by atoms with van der Waals surface area (Å²) >= 11 is 0. The Morgan fingerprint density at radius 2 is 2.04 bits per heavy atom. The molecule has 8 heteroatoms. The van der Waals surface area contributed by atoms with E-state index in [2.05, 4.69) is 27.4 Å². The van der Waals surface area contributed by atoms with Gasteiger partial charge in [0.1, 0.15) is 0 Å². The minimum atomic E-state index is -0.387. The zero-order chi connectivity index (χ0) is 18.1. The van der Waals surface area contributed by atoms with Crippen molar-refractivity contribution in [2.75, 3.05) is 26.7 Å². The topological polar surface area (TPSA) is 82.8 Å². The van der Waals surface area contributed by atoms with Crippen LogP contribution in [0.4, 0.5) is 5.69 Å². The molecule has 1 aliphatic rings. The van der Waals surface area contributed by atoms with Crippen molar-refractivity contribution in [1.82, 2.24) is 15.5 Å². The number of nitrogens with one attached hydrogen (secondary N) is 2. The molecular weight excluding hydrogens is 445 g/mol. The van der Waals surface area contributed by atoms with Gasteiger partial charge >= 0.3 is 0 Å². The molecule has 0 saturated carbocycles. The van der Waals surface area contributed by atoms with E-state index in [1.165, 1.54) is 44.4 Å². The van der Waals surface area contributed by atoms with Crippen LogP contribution in [0, 0.1) is 10.1 Å². The number of rotatable bonds is 7. The summed E-state index contributed by atoms with van der Waals surface area (Å²) in [5.41, 5.74) is 1.09. The fourth-order valence-electron chi connectivity index (χ4n) is 3.28. The van der Waals surface area contributed by atoms with E-state index < -0.39 is 0 Å². The molecule has 1 atom stereocenters. The van der Waals surface area contributed by atoms with Crippen molar-refractivity contribution in [3.63, 3.8) is 0 Å². The highest BCUT2D eigenvalue weighted by molar-refractivity contribution is 14.0. The van der Waals surface area contributed by atoms with Gasteiger partial charge in [-0.15, -0.1) is 24.0 Å². The van der Waals surface area contributed by atoms with Crippen LogP contribution in [-0.4, -0.2) is 48.5 Å². The highest BCUT2D eigenvalue weighted by Crippen LogP contribution is 2.18. The van der Waals surface area contributed by atoms with Crippen molar-refractivity contribution in [3.05, 3.63) is 39.9 Å². The molecule has 0 amide bonds. The van der Waals surface area contributed by atoms with Crippen molar-refractivity contribution in [3.8, 4) is 0 Å². The molecule has 0 aliphatic carbocycles. The van der Waals surface area contributed by atoms with Gasteiger partial charge in [0.05, 0.1) is 4.92 Å². The van der Waals surface area contributed by atoms with E-state index in [4.69, 9.17) is 0 Å². The number of guanidine groups is 1. The van der Waals surface area contributed by atoms with Crippen LogP contribution in [-0.2, 0) is 6.54 Å². The molecule has 1 aromatic rings. The average molecular weight is 475 g/mol. The first kappa shape index (κ1) is 22.6. The van der Waals surface area contributed by atoms with Crippen LogP contribution in [0.2, 0.25) is 0 Å². The quantitative estimate of drug-likeness (QED) is 0.208. The number of hydrogen-bond donors (Lipinski definition) is 2. The third kappa shape index (κ3) is 7.06. The highest BCUT2D eigenvalue weighted by Gasteiger charge is 2.19. The van der Waals surface area contributed by atoms with E-state index in [1.54, 1.807) is 19.2 Å². The molecule has 7 nitrogen and oxygen atoms in total. The van der Waals surface area contributed by atoms with Gasteiger partial charge in [-0.1, -0.05) is 25.5 Å². The summed E-state index contributed by atoms with van der Waals surface area (Å²) in [6.07, 6.45) is 5.17. The number of nitrogens with zero attached hydrogens (tertiary/aromatic N) is 3. The van der Waals surface area contributed by atoms with E-state index >= 15 is 0 Å². The van der Waals surface area contributed by atoms with Crippen molar-refractivity contribution < 1.29 is 4.92 Å². The number of non-ortho nitro benzene ring substituents is 1. The SMILES string of the molecule is CCC1CCCCN1CCNC(=NC)NCc1ccc([N+](=O)[O-])cc1.I. The van der Waals surface area contributed by atoms with E-state index in [1.807, 2.05) is 0 Å². The Labute approximate surface area is 172 Å². The molecule has 2 N–H and O–H groups in total. The molecule has 1 aliphatic heterocycles. The molecule has 0 spiro atoms. The molecule has 2 rings (SSSR count). The fraction of sp³-hybridized carbons (Fsp3) is 0.611. The van der Waals surface area contributed by atoms with Gasteiger partial charge in [-0.05, 0) is 31.4 Å². The molecule has 0 radical (unpaired) electrons. The third-order valence-electron chi connectivity index (χ3n) is 4.74. The van der Waals surface area contributed by atoms with Crippen molar-refractivity contribution in [1.29, 1.82) is 0 Å². The average Bonchev–Trinajstić information content (AvgIpc) is 2.65. The third-order valence-corrected chi connectivity index (χ3v) is 4.74. The minimum absolute atomic E-state index is 0. The number of benzene rings is 1. The van der Waals surface area contributed by atoms with Gasteiger partial charge in [0.2, 0.25) is 0 Å². The second-order valence-electron chi connectivity index (χ2n) is 6.37. The predicted molar refractivity (Wildman–Crippen MR) is 116 cm³/mol. The van der Waals surface area contributed by atoms with Crippen LogP contribution < -0.4 is 10.6 Å². The molecule has 1 heterocycles. The maximum absolute atomic E-state index is 10.7. The van der Waals surface area contributed by atoms with E-state index in [9.17, 15) is 10.1 Å². The number of halogens is 1. The predicted octanol–water partition coefficient (Wildman–Crippen LogP) is 3.14. The largest absolute Gasteiger partial charge is 0.355 e. The van der Waals surface area contributed by atoms with Gasteiger partial charge in [-0.2, -0.15) is 0 Å². The highest BCUT2D eigenvalue weighted by atomic mass is 127. The lowest BCUT2D eigenvalue weighted by Crippen LogP contribution is -2.45. The van der Waals surface area contributed by atoms with Gasteiger partial charge in [0, 0.05) is 44.9 Å². The minimum Gasteiger partial charge on any atom is -0.355 e. The molecule has 26 heavy (non-hydrogen) atoms. The van der Waals surface area contributed by atoms with Crippen LogP contribution in [0.5, 0.6) is 0 Å². The fourth-order valence-corrected chi connectivity index (χ4v) is 3.28. The first-order chi connectivity index (χ1) is 12.1. The van der Waals surface area contributed by atoms with E-state index in [0.717, 1.165) is 24.6 Å². The van der Waals surface area contributed by atoms with Gasteiger partial charge < -0.3 is 10.6 Å². The van der Waals surface area contributed by atoms with Gasteiger partial charge in [0.25, 0.3) is 5.69 Å². The summed E-state index contributed by atoms with van der Waals surface area (Å²) in [5.74, 6) is 0.753. The summed E-state index contributed by atoms with van der Waals surface area (Å²) in [6, 6.07) is 7.28. The lowest BCUT2D eigenvalue weighted by molar-refractivity contribution is -0.384. The standard InChI is InChI=1S/C18H29N5O2.HI/c1-3-16-6-4-5-12-22(16)13-11-20-18(19-2)21-14-15-7-9-17(10-8-15)23(24)25;/h7-10,16H,3-6,11-14H2,1-2H3,(H2,19,20,21);1H. The lowest BCUT2D eigenvalue weighted by Gasteiger charge is -2.35. The number of piperidine rings is 1. The van der Waals surface area contributed by atoms with E-state index in [0.29, 0.717) is 12.6 Å². The Morgan fingerprint density at radius 3 is 2.65 bits per heavy atom. The molecule has 1 aromatic carbocycles. The van der Waals surface area contributed by atoms with E-state index in [-0.39, 0.29) is 34.6 Å². The molecule has 0 aromatic heterocycles. The number of nitro groups is 1. The maximum Gasteiger partial charge on any atom is 0.269 e. The Balaban J connectivity index is 0.00000338. The Bertz CT molecular complexity index is 579. The number of nitro benzene ring substituents is 1. The molecule has 1 saturated heterocycles. The van der Waals surface area contributed by atoms with Gasteiger partial charge in [0.15, 0.2) is 5.96 Å². The zero-order valence-electron chi connectivity index (χ0n) is 15.6. The van der Waals surface area contributed by atoms with Crippen molar-refractivity contribution >= 4 is 35.6 Å². The monoisotopic (exact) mass is 475 g/mol. The smallest absolute Gasteiger partial charge is 0.269 e. The lowest BCUT2D eigenvalue weighted by atomic mass is 10.0. The summed E-state index contributed by atoms with van der Waals surface area (Å²) in [4.78, 5) is 17.1. The molecule has 0 bridgehead atoms. The second kappa shape index (κ2) is 12.1. The Morgan fingerprint density at radius 1 is 1.31 bits per heavy atom. The molecular formula is C18H30IN5O2. The number of likely N-dealkylation sites (tertiary alicyclic amines) is 1. The summed E-state index contributed by atoms with van der Waals surface area (Å²) < 4.78 is 0. The normalized spacial score (nSPS) is 18.1. The molecule has 1 fully saturated rings. The second-order valence-corrected chi connectivity index (χ2v) is 6.37. The van der Waals surface area contributed by atoms with Gasteiger partial charge in [-0.25, -0.2) is 0 Å². The van der Waals surface area contributed by atoms with Crippen LogP contribution in [0.15, 0.2) is 29.3 Å². The number of hydrogen-bond acceptors (Lipinski definition) is 4. The van der Waals surface area contributed by atoms with Crippen LogP contribution in [0.3, 0.4) is 0 Å². The van der Waals surface area contributed by atoms with Gasteiger partial charge in [-0.3, -0.25) is 20.0 Å². The maximum atomic E-state index is 10.7. The first-order valence-electron chi connectivity index (χ1n) is 9.06. The van der Waals surface area contributed by atoms with Crippen molar-refractivity contribution in [2.45, 2.75) is 45.2 Å². The van der Waals surface area contributed by atoms with Crippen LogP contribution in [0.25, 0.3) is 0 Å².